The fourth-order valence-electron chi connectivity index (χ4n) is 1.55. The number of unbranched alkanes of at least 4 members (excludes halogenated alkanes) is 4. The molecule has 0 aromatic heterocycles. The minimum absolute atomic E-state index is 0.307. The summed E-state index contributed by atoms with van der Waals surface area (Å²) in [7, 11) is 0. The molecule has 0 heterocycles. The van der Waals surface area contributed by atoms with Gasteiger partial charge in [0.2, 0.25) is 0 Å². The molecule has 1 aliphatic rings. The molecule has 13 heavy (non-hydrogen) atoms. The van der Waals surface area contributed by atoms with Crippen molar-refractivity contribution < 1.29 is 9.90 Å². The molecule has 2 heteroatoms. The van der Waals surface area contributed by atoms with Crippen molar-refractivity contribution in [3.63, 3.8) is 0 Å². The lowest BCUT2D eigenvalue weighted by atomic mass is 10.1. The summed E-state index contributed by atoms with van der Waals surface area (Å²) < 4.78 is 0. The Labute approximate surface area is 80.3 Å². The van der Waals surface area contributed by atoms with Crippen molar-refractivity contribution in [2.45, 2.75) is 51.4 Å². The van der Waals surface area contributed by atoms with E-state index in [9.17, 15) is 4.79 Å². The summed E-state index contributed by atoms with van der Waals surface area (Å²) in [5.74, 6) is 0.930. The average Bonchev–Trinajstić information content (AvgIpc) is 2.93. The molecule has 1 rings (SSSR count). The van der Waals surface area contributed by atoms with Crippen LogP contribution in [0.3, 0.4) is 0 Å². The predicted octanol–water partition coefficient (Wildman–Crippen LogP) is 2.30. The van der Waals surface area contributed by atoms with Crippen LogP contribution < -0.4 is 0 Å². The lowest BCUT2D eigenvalue weighted by Crippen LogP contribution is -1.99. The Bertz CT molecular complexity index is 150. The monoisotopic (exact) mass is 184 g/mol. The molecule has 0 unspecified atom stereocenters. The number of Topliss-reactive ketones (excluding diaryl/α,β-unsaturated/α-hetero) is 1. The summed E-state index contributed by atoms with van der Waals surface area (Å²) in [5.41, 5.74) is 0. The number of aliphatic hydroxyl groups is 1. The van der Waals surface area contributed by atoms with Crippen LogP contribution in [0.25, 0.3) is 0 Å². The van der Waals surface area contributed by atoms with E-state index in [0.717, 1.165) is 44.9 Å². The third kappa shape index (κ3) is 5.04. The molecule has 1 aliphatic carbocycles. The minimum Gasteiger partial charge on any atom is -0.396 e. The molecule has 0 atom stereocenters. The van der Waals surface area contributed by atoms with Gasteiger partial charge in [-0.2, -0.15) is 0 Å². The molecule has 0 amide bonds. The Kier molecular flexibility index (Phi) is 5.06. The maximum atomic E-state index is 11.3. The van der Waals surface area contributed by atoms with E-state index in [1.54, 1.807) is 0 Å². The zero-order valence-electron chi connectivity index (χ0n) is 8.30. The summed E-state index contributed by atoms with van der Waals surface area (Å²) in [4.78, 5) is 11.3. The van der Waals surface area contributed by atoms with Gasteiger partial charge in [0.15, 0.2) is 0 Å². The molecular weight excluding hydrogens is 164 g/mol. The maximum Gasteiger partial charge on any atom is 0.135 e. The van der Waals surface area contributed by atoms with Gasteiger partial charge < -0.3 is 5.11 Å². The van der Waals surface area contributed by atoms with Gasteiger partial charge in [0.1, 0.15) is 5.78 Å². The Morgan fingerprint density at radius 2 is 1.69 bits per heavy atom. The zero-order valence-corrected chi connectivity index (χ0v) is 8.30. The molecule has 1 N–H and O–H groups in total. The Hall–Kier alpha value is -0.370. The molecule has 2 nitrogen and oxygen atoms in total. The zero-order chi connectivity index (χ0) is 9.52. The number of carbonyl (C=O) groups is 1. The summed E-state index contributed by atoms with van der Waals surface area (Å²) in [6.07, 6.45) is 8.47. The van der Waals surface area contributed by atoms with Gasteiger partial charge in [-0.15, -0.1) is 0 Å². The smallest absolute Gasteiger partial charge is 0.135 e. The van der Waals surface area contributed by atoms with E-state index in [1.165, 1.54) is 6.42 Å². The topological polar surface area (TPSA) is 37.3 Å². The van der Waals surface area contributed by atoms with Crippen LogP contribution in [0.2, 0.25) is 0 Å². The van der Waals surface area contributed by atoms with E-state index < -0.39 is 0 Å². The van der Waals surface area contributed by atoms with E-state index >= 15 is 0 Å². The van der Waals surface area contributed by atoms with Gasteiger partial charge in [0.05, 0.1) is 0 Å². The van der Waals surface area contributed by atoms with Crippen LogP contribution in [-0.4, -0.2) is 17.5 Å². The summed E-state index contributed by atoms with van der Waals surface area (Å²) in [6, 6.07) is 0. The molecule has 0 radical (unpaired) electrons. The van der Waals surface area contributed by atoms with Crippen molar-refractivity contribution in [2.24, 2.45) is 5.92 Å². The minimum atomic E-state index is 0.307. The molecule has 0 aliphatic heterocycles. The SMILES string of the molecule is O=C(CCCCCCCO)C1CC1. The first-order valence-corrected chi connectivity index (χ1v) is 5.48. The Morgan fingerprint density at radius 3 is 2.31 bits per heavy atom. The van der Waals surface area contributed by atoms with Gasteiger partial charge in [-0.05, 0) is 25.7 Å². The fraction of sp³-hybridized carbons (Fsp3) is 0.909. The Balaban J connectivity index is 1.80. The van der Waals surface area contributed by atoms with Gasteiger partial charge in [0.25, 0.3) is 0 Å². The van der Waals surface area contributed by atoms with E-state index in [0.29, 0.717) is 18.3 Å². The predicted molar refractivity (Wildman–Crippen MR) is 52.5 cm³/mol. The second kappa shape index (κ2) is 6.14. The van der Waals surface area contributed by atoms with Crippen LogP contribution in [0.4, 0.5) is 0 Å². The van der Waals surface area contributed by atoms with Crippen LogP contribution in [0.5, 0.6) is 0 Å². The fourth-order valence-corrected chi connectivity index (χ4v) is 1.55. The number of ketones is 1. The van der Waals surface area contributed by atoms with Crippen LogP contribution in [0.1, 0.15) is 51.4 Å². The van der Waals surface area contributed by atoms with Crippen molar-refractivity contribution in [1.29, 1.82) is 0 Å². The molecule has 0 bridgehead atoms. The third-order valence-electron chi connectivity index (χ3n) is 2.61. The third-order valence-corrected chi connectivity index (χ3v) is 2.61. The van der Waals surface area contributed by atoms with Crippen molar-refractivity contribution in [3.8, 4) is 0 Å². The van der Waals surface area contributed by atoms with E-state index in [1.807, 2.05) is 0 Å². The molecule has 1 saturated carbocycles. The standard InChI is InChI=1S/C11H20O2/c12-9-5-3-1-2-4-6-11(13)10-7-8-10/h10,12H,1-9H2. The second-order valence-corrected chi connectivity index (χ2v) is 3.98. The van der Waals surface area contributed by atoms with Crippen molar-refractivity contribution in [1.82, 2.24) is 0 Å². The number of hydrogen-bond acceptors (Lipinski definition) is 2. The molecule has 1 fully saturated rings. The van der Waals surface area contributed by atoms with Crippen molar-refractivity contribution in [3.05, 3.63) is 0 Å². The number of rotatable bonds is 8. The molecule has 0 aromatic rings. The quantitative estimate of drug-likeness (QED) is 0.588. The van der Waals surface area contributed by atoms with Crippen molar-refractivity contribution in [2.75, 3.05) is 6.61 Å². The number of aliphatic hydroxyl groups excluding tert-OH is 1. The summed E-state index contributed by atoms with van der Waals surface area (Å²) in [5, 5.41) is 8.54. The second-order valence-electron chi connectivity index (χ2n) is 3.98. The van der Waals surface area contributed by atoms with Crippen LogP contribution >= 0.6 is 0 Å². The number of hydrogen-bond donors (Lipinski definition) is 1. The molecule has 0 aromatic carbocycles. The first kappa shape index (κ1) is 10.7. The summed E-state index contributed by atoms with van der Waals surface area (Å²) in [6.45, 7) is 0.307. The van der Waals surface area contributed by atoms with Crippen LogP contribution in [-0.2, 0) is 4.79 Å². The largest absolute Gasteiger partial charge is 0.396 e. The first-order valence-electron chi connectivity index (χ1n) is 5.48. The maximum absolute atomic E-state index is 11.3. The molecule has 0 spiro atoms. The normalized spacial score (nSPS) is 16.1. The summed E-state index contributed by atoms with van der Waals surface area (Å²) >= 11 is 0. The number of carbonyl (C=O) groups excluding carboxylic acids is 1. The highest BCUT2D eigenvalue weighted by Crippen LogP contribution is 2.31. The lowest BCUT2D eigenvalue weighted by molar-refractivity contribution is -0.120. The van der Waals surface area contributed by atoms with Crippen molar-refractivity contribution >= 4 is 5.78 Å². The Morgan fingerprint density at radius 1 is 1.08 bits per heavy atom. The highest BCUT2D eigenvalue weighted by atomic mass is 16.2. The van der Waals surface area contributed by atoms with E-state index in [-0.39, 0.29) is 0 Å². The molecule has 0 saturated heterocycles. The van der Waals surface area contributed by atoms with Crippen LogP contribution in [0, 0.1) is 5.92 Å². The molecular formula is C11H20O2. The van der Waals surface area contributed by atoms with Gasteiger partial charge in [-0.1, -0.05) is 19.3 Å². The first-order chi connectivity index (χ1) is 6.34. The van der Waals surface area contributed by atoms with Crippen LogP contribution in [0.15, 0.2) is 0 Å². The highest BCUT2D eigenvalue weighted by molar-refractivity contribution is 5.82. The van der Waals surface area contributed by atoms with Gasteiger partial charge in [-0.3, -0.25) is 4.79 Å². The lowest BCUT2D eigenvalue weighted by Gasteiger charge is -1.99. The highest BCUT2D eigenvalue weighted by Gasteiger charge is 2.28. The van der Waals surface area contributed by atoms with E-state index in [2.05, 4.69) is 0 Å². The van der Waals surface area contributed by atoms with E-state index in [4.69, 9.17) is 5.11 Å². The van der Waals surface area contributed by atoms with Gasteiger partial charge >= 0.3 is 0 Å². The van der Waals surface area contributed by atoms with Gasteiger partial charge in [-0.25, -0.2) is 0 Å². The van der Waals surface area contributed by atoms with Gasteiger partial charge in [0, 0.05) is 18.9 Å². The molecule has 76 valence electrons. The average molecular weight is 184 g/mol.